The molecule has 4 rings (SSSR count). The van der Waals surface area contributed by atoms with E-state index in [1.165, 1.54) is 7.11 Å². The molecule has 0 radical (unpaired) electrons. The van der Waals surface area contributed by atoms with Gasteiger partial charge in [0, 0.05) is 51.2 Å². The van der Waals surface area contributed by atoms with Crippen molar-refractivity contribution in [1.29, 1.82) is 0 Å². The van der Waals surface area contributed by atoms with Crippen LogP contribution >= 0.6 is 0 Å². The number of anilines is 1. The second-order valence-electron chi connectivity index (χ2n) is 7.08. The van der Waals surface area contributed by atoms with E-state index in [4.69, 9.17) is 4.74 Å². The van der Waals surface area contributed by atoms with E-state index in [9.17, 15) is 4.79 Å². The molecule has 10 heteroatoms. The number of carbonyl (C=O) groups excluding carboxylic acids is 1. The van der Waals surface area contributed by atoms with E-state index < -0.39 is 0 Å². The van der Waals surface area contributed by atoms with Crippen LogP contribution in [0.1, 0.15) is 21.7 Å². The number of hydrogen-bond acceptors (Lipinski definition) is 7. The van der Waals surface area contributed by atoms with Crippen LogP contribution in [0.2, 0.25) is 0 Å². The van der Waals surface area contributed by atoms with Crippen LogP contribution in [-0.2, 0) is 7.05 Å². The summed E-state index contributed by atoms with van der Waals surface area (Å²) in [6.07, 6.45) is 3.25. The number of hydrogen-bond donors (Lipinski definition) is 0. The van der Waals surface area contributed by atoms with E-state index in [0.29, 0.717) is 37.6 Å². The molecule has 29 heavy (non-hydrogen) atoms. The fourth-order valence-corrected chi connectivity index (χ4v) is 3.56. The van der Waals surface area contributed by atoms with Crippen molar-refractivity contribution in [3.05, 3.63) is 41.6 Å². The zero-order chi connectivity index (χ0) is 20.5. The molecule has 0 aliphatic carbocycles. The van der Waals surface area contributed by atoms with E-state index in [1.54, 1.807) is 24.3 Å². The third kappa shape index (κ3) is 3.65. The van der Waals surface area contributed by atoms with Gasteiger partial charge in [-0.25, -0.2) is 14.6 Å². The van der Waals surface area contributed by atoms with Crippen LogP contribution in [0, 0.1) is 13.8 Å². The average Bonchev–Trinajstić information content (AvgIpc) is 3.28. The van der Waals surface area contributed by atoms with Gasteiger partial charge in [0.15, 0.2) is 5.82 Å². The Morgan fingerprint density at radius 2 is 1.76 bits per heavy atom. The minimum atomic E-state index is -0.0689. The Bertz CT molecular complexity index is 1030. The summed E-state index contributed by atoms with van der Waals surface area (Å²) in [4.78, 5) is 25.6. The number of ether oxygens (including phenoxy) is 1. The monoisotopic (exact) mass is 396 g/mol. The number of carbonyl (C=O) groups is 1. The summed E-state index contributed by atoms with van der Waals surface area (Å²) in [6.45, 7) is 6.51. The van der Waals surface area contributed by atoms with Gasteiger partial charge in [-0.1, -0.05) is 0 Å². The lowest BCUT2D eigenvalue weighted by atomic mass is 10.2. The lowest BCUT2D eigenvalue weighted by molar-refractivity contribution is 0.0743. The first-order valence-corrected chi connectivity index (χ1v) is 9.44. The molecule has 3 aromatic rings. The minimum absolute atomic E-state index is 0.0689. The van der Waals surface area contributed by atoms with Gasteiger partial charge >= 0.3 is 0 Å². The number of nitrogens with zero attached hydrogens (tertiary/aromatic N) is 8. The van der Waals surface area contributed by atoms with Gasteiger partial charge in [-0.2, -0.15) is 5.10 Å². The summed E-state index contributed by atoms with van der Waals surface area (Å²) in [6, 6.07) is 3.94. The van der Waals surface area contributed by atoms with Crippen molar-refractivity contribution in [2.75, 3.05) is 38.2 Å². The number of rotatable bonds is 4. The fraction of sp³-hybridized carbons (Fsp3) is 0.421. The van der Waals surface area contributed by atoms with Gasteiger partial charge in [0.1, 0.15) is 17.7 Å². The molecule has 152 valence electrons. The molecule has 1 fully saturated rings. The van der Waals surface area contributed by atoms with Crippen molar-refractivity contribution in [2.45, 2.75) is 13.8 Å². The SMILES string of the molecule is COc1nn(C)cc1C(=O)N1CCN(c2cc(-n3nc(C)cc3C)ncn2)CC1. The maximum atomic E-state index is 12.9. The molecule has 1 amide bonds. The van der Waals surface area contributed by atoms with Crippen LogP contribution in [-0.4, -0.2) is 73.6 Å². The molecule has 3 aromatic heterocycles. The van der Waals surface area contributed by atoms with Gasteiger partial charge < -0.3 is 14.5 Å². The summed E-state index contributed by atoms with van der Waals surface area (Å²) < 4.78 is 8.62. The van der Waals surface area contributed by atoms with Gasteiger partial charge in [0.2, 0.25) is 5.88 Å². The molecule has 0 bridgehead atoms. The highest BCUT2D eigenvalue weighted by Crippen LogP contribution is 2.21. The number of piperazine rings is 1. The van der Waals surface area contributed by atoms with Crippen LogP contribution in [0.5, 0.6) is 5.88 Å². The lowest BCUT2D eigenvalue weighted by Gasteiger charge is -2.35. The molecule has 1 aliphatic rings. The predicted molar refractivity (Wildman–Crippen MR) is 107 cm³/mol. The molecule has 0 N–H and O–H groups in total. The third-order valence-electron chi connectivity index (χ3n) is 4.97. The number of methoxy groups -OCH3 is 1. The van der Waals surface area contributed by atoms with E-state index in [0.717, 1.165) is 23.0 Å². The maximum Gasteiger partial charge on any atom is 0.261 e. The van der Waals surface area contributed by atoms with E-state index in [1.807, 2.05) is 35.6 Å². The van der Waals surface area contributed by atoms with E-state index in [2.05, 4.69) is 25.1 Å². The number of aryl methyl sites for hydroxylation is 3. The van der Waals surface area contributed by atoms with Crippen molar-refractivity contribution >= 4 is 11.7 Å². The maximum absolute atomic E-state index is 12.9. The molecule has 4 heterocycles. The molecule has 1 saturated heterocycles. The number of amides is 1. The van der Waals surface area contributed by atoms with Crippen LogP contribution in [0.25, 0.3) is 5.82 Å². The van der Waals surface area contributed by atoms with Crippen LogP contribution in [0.15, 0.2) is 24.7 Å². The molecule has 1 aliphatic heterocycles. The van der Waals surface area contributed by atoms with Crippen molar-refractivity contribution in [3.63, 3.8) is 0 Å². The predicted octanol–water partition coefficient (Wildman–Crippen LogP) is 0.984. The minimum Gasteiger partial charge on any atom is -0.479 e. The smallest absolute Gasteiger partial charge is 0.261 e. The highest BCUT2D eigenvalue weighted by Gasteiger charge is 2.26. The Morgan fingerprint density at radius 3 is 2.41 bits per heavy atom. The van der Waals surface area contributed by atoms with Gasteiger partial charge in [-0.3, -0.25) is 9.48 Å². The largest absolute Gasteiger partial charge is 0.479 e. The molecule has 0 saturated carbocycles. The van der Waals surface area contributed by atoms with Gasteiger partial charge in [0.25, 0.3) is 5.91 Å². The standard InChI is InChI=1S/C19H24N8O2/c1-13-9-14(2)27(22-13)17-10-16(20-12-21-17)25-5-7-26(8-6-25)19(28)15-11-24(3)23-18(15)29-4/h9-12H,5-8H2,1-4H3. The molecule has 0 unspecified atom stereocenters. The van der Waals surface area contributed by atoms with Gasteiger partial charge in [0.05, 0.1) is 12.8 Å². The van der Waals surface area contributed by atoms with E-state index in [-0.39, 0.29) is 5.91 Å². The van der Waals surface area contributed by atoms with Crippen LogP contribution in [0.3, 0.4) is 0 Å². The first-order chi connectivity index (χ1) is 14.0. The highest BCUT2D eigenvalue weighted by molar-refractivity contribution is 5.96. The van der Waals surface area contributed by atoms with Crippen molar-refractivity contribution in [1.82, 2.24) is 34.4 Å². The third-order valence-corrected chi connectivity index (χ3v) is 4.97. The molecular weight excluding hydrogens is 372 g/mol. The van der Waals surface area contributed by atoms with Gasteiger partial charge in [-0.15, -0.1) is 5.10 Å². The summed E-state index contributed by atoms with van der Waals surface area (Å²) in [7, 11) is 3.29. The zero-order valence-corrected chi connectivity index (χ0v) is 17.0. The summed E-state index contributed by atoms with van der Waals surface area (Å²) >= 11 is 0. The molecule has 0 aromatic carbocycles. The Hall–Kier alpha value is -3.43. The van der Waals surface area contributed by atoms with Gasteiger partial charge in [-0.05, 0) is 19.9 Å². The van der Waals surface area contributed by atoms with Crippen molar-refractivity contribution in [2.24, 2.45) is 7.05 Å². The Labute approximate surface area is 168 Å². The fourth-order valence-electron chi connectivity index (χ4n) is 3.56. The Kier molecular flexibility index (Phi) is 4.91. The molecule has 0 atom stereocenters. The quantitative estimate of drug-likeness (QED) is 0.649. The van der Waals surface area contributed by atoms with Crippen LogP contribution < -0.4 is 9.64 Å². The molecular formula is C19H24N8O2. The average molecular weight is 396 g/mol. The Balaban J connectivity index is 1.47. The summed E-state index contributed by atoms with van der Waals surface area (Å²) in [5, 5.41) is 8.66. The first kappa shape index (κ1) is 18.9. The highest BCUT2D eigenvalue weighted by atomic mass is 16.5. The topological polar surface area (TPSA) is 94.2 Å². The second-order valence-corrected chi connectivity index (χ2v) is 7.08. The Morgan fingerprint density at radius 1 is 1.03 bits per heavy atom. The normalized spacial score (nSPS) is 14.3. The number of aromatic nitrogens is 6. The molecule has 10 nitrogen and oxygen atoms in total. The summed E-state index contributed by atoms with van der Waals surface area (Å²) in [5.41, 5.74) is 2.45. The molecule has 0 spiro atoms. The second kappa shape index (κ2) is 7.53. The first-order valence-electron chi connectivity index (χ1n) is 9.44. The van der Waals surface area contributed by atoms with Crippen molar-refractivity contribution < 1.29 is 9.53 Å². The lowest BCUT2D eigenvalue weighted by Crippen LogP contribution is -2.49. The van der Waals surface area contributed by atoms with Crippen molar-refractivity contribution in [3.8, 4) is 11.7 Å². The van der Waals surface area contributed by atoms with Crippen LogP contribution in [0.4, 0.5) is 5.82 Å². The van der Waals surface area contributed by atoms with E-state index >= 15 is 0 Å². The summed E-state index contributed by atoms with van der Waals surface area (Å²) in [5.74, 6) is 1.85. The zero-order valence-electron chi connectivity index (χ0n) is 17.0.